The largest absolute Gasteiger partial charge is 0.493 e. The molecule has 0 heterocycles. The zero-order valence-electron chi connectivity index (χ0n) is 9.95. The maximum atomic E-state index is 5.86. The van der Waals surface area contributed by atoms with Crippen molar-refractivity contribution < 1.29 is 9.47 Å². The summed E-state index contributed by atoms with van der Waals surface area (Å²) in [6.45, 7) is 0.847. The molecule has 1 N–H and O–H groups in total. The van der Waals surface area contributed by atoms with Crippen molar-refractivity contribution in [2.45, 2.75) is 31.9 Å². The molecule has 0 saturated heterocycles. The summed E-state index contributed by atoms with van der Waals surface area (Å²) in [5.41, 5.74) is 1.21. The van der Waals surface area contributed by atoms with E-state index >= 15 is 0 Å². The molecule has 1 aromatic rings. The minimum atomic E-state index is 0.393. The number of hydrogen-bond donors (Lipinski definition) is 1. The van der Waals surface area contributed by atoms with E-state index in [0.717, 1.165) is 18.0 Å². The predicted octanol–water partition coefficient (Wildman–Crippen LogP) is 2.35. The van der Waals surface area contributed by atoms with Crippen molar-refractivity contribution in [1.82, 2.24) is 5.32 Å². The molecular formula is C13H19NO2. The van der Waals surface area contributed by atoms with Gasteiger partial charge in [0, 0.05) is 6.54 Å². The van der Waals surface area contributed by atoms with Gasteiger partial charge in [0.15, 0.2) is 11.5 Å². The molecule has 1 aliphatic rings. The predicted molar refractivity (Wildman–Crippen MR) is 64.0 cm³/mol. The maximum absolute atomic E-state index is 5.86. The van der Waals surface area contributed by atoms with Crippen LogP contribution in [0.5, 0.6) is 11.5 Å². The lowest BCUT2D eigenvalue weighted by Gasteiger charge is -2.27. The van der Waals surface area contributed by atoms with Crippen LogP contribution >= 0.6 is 0 Å². The van der Waals surface area contributed by atoms with Gasteiger partial charge in [-0.25, -0.2) is 0 Å². The normalized spacial score (nSPS) is 15.6. The number of hydrogen-bond acceptors (Lipinski definition) is 3. The summed E-state index contributed by atoms with van der Waals surface area (Å²) in [5, 5.41) is 3.12. The average Bonchev–Trinajstić information content (AvgIpc) is 2.25. The Labute approximate surface area is 96.8 Å². The molecule has 1 fully saturated rings. The van der Waals surface area contributed by atoms with E-state index in [4.69, 9.17) is 9.47 Å². The first-order chi connectivity index (χ1) is 7.83. The second-order valence-corrected chi connectivity index (χ2v) is 4.19. The molecule has 3 nitrogen and oxygen atoms in total. The summed E-state index contributed by atoms with van der Waals surface area (Å²) in [6, 6.07) is 6.11. The number of ether oxygens (including phenoxy) is 2. The molecule has 0 aliphatic heterocycles. The minimum Gasteiger partial charge on any atom is -0.493 e. The second kappa shape index (κ2) is 5.21. The maximum Gasteiger partial charge on any atom is 0.161 e. The molecule has 88 valence electrons. The van der Waals surface area contributed by atoms with Gasteiger partial charge in [-0.15, -0.1) is 0 Å². The van der Waals surface area contributed by atoms with Crippen LogP contribution < -0.4 is 14.8 Å². The third-order valence-electron chi connectivity index (χ3n) is 2.95. The van der Waals surface area contributed by atoms with Crippen molar-refractivity contribution in [3.63, 3.8) is 0 Å². The van der Waals surface area contributed by atoms with Crippen LogP contribution in [0.15, 0.2) is 18.2 Å². The first-order valence-corrected chi connectivity index (χ1v) is 5.81. The highest BCUT2D eigenvalue weighted by atomic mass is 16.5. The lowest BCUT2D eigenvalue weighted by atomic mass is 9.96. The van der Waals surface area contributed by atoms with E-state index < -0.39 is 0 Å². The first-order valence-electron chi connectivity index (χ1n) is 5.81. The monoisotopic (exact) mass is 221 g/mol. The quantitative estimate of drug-likeness (QED) is 0.828. The summed E-state index contributed by atoms with van der Waals surface area (Å²) in [6.07, 6.45) is 4.01. The van der Waals surface area contributed by atoms with Crippen LogP contribution in [0.1, 0.15) is 24.8 Å². The van der Waals surface area contributed by atoms with E-state index in [9.17, 15) is 0 Å². The Balaban J connectivity index is 2.10. The van der Waals surface area contributed by atoms with Crippen LogP contribution in [0.25, 0.3) is 0 Å². The van der Waals surface area contributed by atoms with Gasteiger partial charge in [-0.2, -0.15) is 0 Å². The summed E-state index contributed by atoms with van der Waals surface area (Å²) in [7, 11) is 3.62. The molecule has 0 unspecified atom stereocenters. The zero-order chi connectivity index (χ0) is 11.4. The van der Waals surface area contributed by atoms with Gasteiger partial charge in [-0.3, -0.25) is 0 Å². The Hall–Kier alpha value is -1.22. The topological polar surface area (TPSA) is 30.5 Å². The fourth-order valence-electron chi connectivity index (χ4n) is 1.79. The highest BCUT2D eigenvalue weighted by Crippen LogP contribution is 2.32. The van der Waals surface area contributed by atoms with Crippen LogP contribution in [0.2, 0.25) is 0 Å². The smallest absolute Gasteiger partial charge is 0.161 e. The Kier molecular flexibility index (Phi) is 3.67. The molecule has 1 aromatic carbocycles. The van der Waals surface area contributed by atoms with E-state index in [0.29, 0.717) is 6.10 Å². The van der Waals surface area contributed by atoms with Crippen molar-refractivity contribution in [1.29, 1.82) is 0 Å². The van der Waals surface area contributed by atoms with Crippen LogP contribution in [0.4, 0.5) is 0 Å². The third kappa shape index (κ3) is 2.47. The van der Waals surface area contributed by atoms with Gasteiger partial charge < -0.3 is 14.8 Å². The molecule has 0 amide bonds. The van der Waals surface area contributed by atoms with Gasteiger partial charge in [0.05, 0.1) is 13.2 Å². The van der Waals surface area contributed by atoms with Gasteiger partial charge in [0.1, 0.15) is 0 Å². The number of nitrogens with one attached hydrogen (secondary N) is 1. The molecule has 3 heteroatoms. The van der Waals surface area contributed by atoms with Gasteiger partial charge in [-0.1, -0.05) is 6.07 Å². The van der Waals surface area contributed by atoms with E-state index in [1.807, 2.05) is 19.2 Å². The Bertz CT molecular complexity index is 348. The standard InChI is InChI=1S/C13H19NO2/c1-14-9-10-6-7-12(13(8-10)15-2)16-11-4-3-5-11/h6-8,11,14H,3-5,9H2,1-2H3. The van der Waals surface area contributed by atoms with Crippen LogP contribution in [0.3, 0.4) is 0 Å². The van der Waals surface area contributed by atoms with Gasteiger partial charge >= 0.3 is 0 Å². The summed E-state index contributed by atoms with van der Waals surface area (Å²) in [5.74, 6) is 1.70. The fraction of sp³-hybridized carbons (Fsp3) is 0.538. The Morgan fingerprint density at radius 2 is 2.12 bits per heavy atom. The molecule has 1 aliphatic carbocycles. The third-order valence-corrected chi connectivity index (χ3v) is 2.95. The SMILES string of the molecule is CNCc1ccc(OC2CCC2)c(OC)c1. The highest BCUT2D eigenvalue weighted by Gasteiger charge is 2.20. The van der Waals surface area contributed by atoms with E-state index in [2.05, 4.69) is 11.4 Å². The number of rotatable bonds is 5. The van der Waals surface area contributed by atoms with Crippen LogP contribution in [-0.2, 0) is 6.54 Å². The summed E-state index contributed by atoms with van der Waals surface area (Å²) < 4.78 is 11.2. The molecule has 0 atom stereocenters. The van der Waals surface area contributed by atoms with Crippen LogP contribution in [-0.4, -0.2) is 20.3 Å². The average molecular weight is 221 g/mol. The minimum absolute atomic E-state index is 0.393. The highest BCUT2D eigenvalue weighted by molar-refractivity contribution is 5.43. The molecular weight excluding hydrogens is 202 g/mol. The molecule has 0 aromatic heterocycles. The molecule has 2 rings (SSSR count). The van der Waals surface area contributed by atoms with Gasteiger partial charge in [0.2, 0.25) is 0 Å². The van der Waals surface area contributed by atoms with Crippen molar-refractivity contribution in [2.24, 2.45) is 0 Å². The molecule has 0 spiro atoms. The second-order valence-electron chi connectivity index (χ2n) is 4.19. The molecule has 0 radical (unpaired) electrons. The Morgan fingerprint density at radius 1 is 1.31 bits per heavy atom. The van der Waals surface area contributed by atoms with E-state index in [1.165, 1.54) is 24.8 Å². The van der Waals surface area contributed by atoms with E-state index in [1.54, 1.807) is 7.11 Å². The first kappa shape index (κ1) is 11.3. The fourth-order valence-corrected chi connectivity index (χ4v) is 1.79. The van der Waals surface area contributed by atoms with E-state index in [-0.39, 0.29) is 0 Å². The van der Waals surface area contributed by atoms with Crippen molar-refractivity contribution in [3.05, 3.63) is 23.8 Å². The lowest BCUT2D eigenvalue weighted by Crippen LogP contribution is -2.24. The van der Waals surface area contributed by atoms with Gasteiger partial charge in [-0.05, 0) is 44.0 Å². The van der Waals surface area contributed by atoms with Crippen molar-refractivity contribution in [3.8, 4) is 11.5 Å². The molecule has 16 heavy (non-hydrogen) atoms. The summed E-state index contributed by atoms with van der Waals surface area (Å²) >= 11 is 0. The number of benzene rings is 1. The van der Waals surface area contributed by atoms with Crippen molar-refractivity contribution >= 4 is 0 Å². The van der Waals surface area contributed by atoms with Crippen LogP contribution in [0, 0.1) is 0 Å². The number of methoxy groups -OCH3 is 1. The van der Waals surface area contributed by atoms with Crippen molar-refractivity contribution in [2.75, 3.05) is 14.2 Å². The zero-order valence-corrected chi connectivity index (χ0v) is 9.95. The Morgan fingerprint density at radius 3 is 2.69 bits per heavy atom. The molecule has 0 bridgehead atoms. The molecule has 1 saturated carbocycles. The van der Waals surface area contributed by atoms with Gasteiger partial charge in [0.25, 0.3) is 0 Å². The lowest BCUT2D eigenvalue weighted by molar-refractivity contribution is 0.116. The summed E-state index contributed by atoms with van der Waals surface area (Å²) in [4.78, 5) is 0.